The van der Waals surface area contributed by atoms with Crippen LogP contribution in [0.5, 0.6) is 0 Å². The van der Waals surface area contributed by atoms with Crippen LogP contribution in [0.15, 0.2) is 29.4 Å². The average Bonchev–Trinajstić information content (AvgIpc) is 2.58. The number of hydrogen-bond acceptors (Lipinski definition) is 5. The number of aromatic nitrogens is 1. The van der Waals surface area contributed by atoms with E-state index in [-0.39, 0.29) is 11.8 Å². The first-order valence-corrected chi connectivity index (χ1v) is 6.25. The number of carbonyl (C=O) groups is 2. The number of pyridine rings is 1. The molecule has 0 atom stereocenters. The van der Waals surface area contributed by atoms with Crippen molar-refractivity contribution in [3.05, 3.63) is 35.0 Å². The standard InChI is InChI=1S/C11H9N3O2S2/c1-7(15)13-14-10(16)9(18-11(14)17)6-8-2-4-12-5-3-8/h2-6H,1H3,(H,13,15)/b9-6-. The number of hydrazine groups is 1. The number of thiocarbonyl (C=S) groups is 1. The maximum absolute atomic E-state index is 12.0. The van der Waals surface area contributed by atoms with Crippen LogP contribution >= 0.6 is 24.0 Å². The van der Waals surface area contributed by atoms with Crippen LogP contribution in [-0.2, 0) is 9.59 Å². The van der Waals surface area contributed by atoms with Crippen molar-refractivity contribution in [2.24, 2.45) is 0 Å². The molecule has 1 aliphatic heterocycles. The second-order valence-electron chi connectivity index (χ2n) is 3.47. The van der Waals surface area contributed by atoms with E-state index in [1.165, 1.54) is 6.92 Å². The minimum Gasteiger partial charge on any atom is -0.274 e. The molecular formula is C11H9N3O2S2. The van der Waals surface area contributed by atoms with Gasteiger partial charge in [-0.25, -0.2) is 0 Å². The molecule has 2 amide bonds. The van der Waals surface area contributed by atoms with Gasteiger partial charge in [0.2, 0.25) is 5.91 Å². The van der Waals surface area contributed by atoms with Crippen molar-refractivity contribution in [2.75, 3.05) is 0 Å². The molecule has 0 saturated carbocycles. The molecule has 5 nitrogen and oxygen atoms in total. The SMILES string of the molecule is CC(=O)NN1C(=O)/C(=C/c2ccncc2)SC1=S. The summed E-state index contributed by atoms with van der Waals surface area (Å²) in [5.41, 5.74) is 3.24. The highest BCUT2D eigenvalue weighted by molar-refractivity contribution is 8.26. The highest BCUT2D eigenvalue weighted by atomic mass is 32.2. The molecule has 7 heteroatoms. The van der Waals surface area contributed by atoms with E-state index >= 15 is 0 Å². The van der Waals surface area contributed by atoms with Crippen LogP contribution in [0.25, 0.3) is 6.08 Å². The van der Waals surface area contributed by atoms with Crippen LogP contribution in [0.4, 0.5) is 0 Å². The largest absolute Gasteiger partial charge is 0.285 e. The molecule has 1 N–H and O–H groups in total. The first-order chi connectivity index (χ1) is 8.58. The topological polar surface area (TPSA) is 62.3 Å². The van der Waals surface area contributed by atoms with Crippen molar-refractivity contribution in [3.8, 4) is 0 Å². The smallest absolute Gasteiger partial charge is 0.274 e. The fraction of sp³-hybridized carbons (Fsp3) is 0.0909. The highest BCUT2D eigenvalue weighted by Crippen LogP contribution is 2.31. The Morgan fingerprint density at radius 3 is 2.78 bits per heavy atom. The Morgan fingerprint density at radius 2 is 2.17 bits per heavy atom. The summed E-state index contributed by atoms with van der Waals surface area (Å²) in [4.78, 5) is 27.3. The summed E-state index contributed by atoms with van der Waals surface area (Å²) < 4.78 is 0.315. The number of carbonyl (C=O) groups excluding carboxylic acids is 2. The molecule has 2 rings (SSSR count). The molecule has 92 valence electrons. The van der Waals surface area contributed by atoms with Gasteiger partial charge in [0.1, 0.15) is 0 Å². The second-order valence-corrected chi connectivity index (χ2v) is 5.14. The van der Waals surface area contributed by atoms with E-state index in [0.717, 1.165) is 22.3 Å². The molecule has 0 spiro atoms. The molecule has 0 radical (unpaired) electrons. The van der Waals surface area contributed by atoms with Gasteiger partial charge in [-0.3, -0.25) is 20.0 Å². The number of thioether (sulfide) groups is 1. The Hall–Kier alpha value is -1.73. The third kappa shape index (κ3) is 2.74. The highest BCUT2D eigenvalue weighted by Gasteiger charge is 2.32. The Bertz CT molecular complexity index is 542. The van der Waals surface area contributed by atoms with Gasteiger partial charge in [-0.1, -0.05) is 11.8 Å². The summed E-state index contributed by atoms with van der Waals surface area (Å²) in [6, 6.07) is 3.57. The van der Waals surface area contributed by atoms with Gasteiger partial charge in [-0.05, 0) is 36.0 Å². The fourth-order valence-corrected chi connectivity index (χ4v) is 2.51. The number of nitrogens with one attached hydrogen (secondary N) is 1. The van der Waals surface area contributed by atoms with Crippen molar-refractivity contribution in [1.82, 2.24) is 15.4 Å². The molecule has 0 aliphatic carbocycles. The first kappa shape index (κ1) is 12.7. The lowest BCUT2D eigenvalue weighted by molar-refractivity contribution is -0.131. The molecule has 1 fully saturated rings. The van der Waals surface area contributed by atoms with E-state index in [9.17, 15) is 9.59 Å². The minimum absolute atomic E-state index is 0.315. The van der Waals surface area contributed by atoms with E-state index < -0.39 is 0 Å². The third-order valence-corrected chi connectivity index (χ3v) is 3.37. The number of amides is 2. The van der Waals surface area contributed by atoms with Gasteiger partial charge >= 0.3 is 0 Å². The lowest BCUT2D eigenvalue weighted by Crippen LogP contribution is -2.43. The van der Waals surface area contributed by atoms with Crippen molar-refractivity contribution in [1.29, 1.82) is 0 Å². The average molecular weight is 279 g/mol. The Balaban J connectivity index is 2.23. The van der Waals surface area contributed by atoms with Gasteiger partial charge in [0.05, 0.1) is 4.91 Å². The van der Waals surface area contributed by atoms with Gasteiger partial charge < -0.3 is 0 Å². The summed E-state index contributed by atoms with van der Waals surface area (Å²) >= 11 is 6.18. The Morgan fingerprint density at radius 1 is 1.50 bits per heavy atom. The summed E-state index contributed by atoms with van der Waals surface area (Å²) in [5, 5.41) is 1.08. The molecule has 0 bridgehead atoms. The number of hydrogen-bond donors (Lipinski definition) is 1. The first-order valence-electron chi connectivity index (χ1n) is 5.03. The lowest BCUT2D eigenvalue weighted by atomic mass is 10.2. The van der Waals surface area contributed by atoms with Crippen molar-refractivity contribution >= 4 is 46.2 Å². The van der Waals surface area contributed by atoms with E-state index in [1.807, 2.05) is 0 Å². The Kier molecular flexibility index (Phi) is 3.73. The predicted octanol–water partition coefficient (Wildman–Crippen LogP) is 1.33. The zero-order valence-corrected chi connectivity index (χ0v) is 11.0. The molecule has 1 aromatic heterocycles. The van der Waals surface area contributed by atoms with Crippen molar-refractivity contribution < 1.29 is 9.59 Å². The normalized spacial score (nSPS) is 17.4. The summed E-state index contributed by atoms with van der Waals surface area (Å²) in [7, 11) is 0. The van der Waals surface area contributed by atoms with E-state index in [1.54, 1.807) is 30.6 Å². The molecule has 0 aromatic carbocycles. The van der Waals surface area contributed by atoms with Crippen molar-refractivity contribution in [2.45, 2.75) is 6.92 Å². The molecule has 1 aliphatic rings. The maximum atomic E-state index is 12.0. The van der Waals surface area contributed by atoms with E-state index in [4.69, 9.17) is 12.2 Å². The van der Waals surface area contributed by atoms with Crippen LogP contribution in [0.3, 0.4) is 0 Å². The van der Waals surface area contributed by atoms with Crippen LogP contribution < -0.4 is 5.43 Å². The van der Waals surface area contributed by atoms with E-state index in [0.29, 0.717) is 9.23 Å². The summed E-state index contributed by atoms with van der Waals surface area (Å²) in [6.07, 6.45) is 4.99. The third-order valence-electron chi connectivity index (χ3n) is 2.07. The fourth-order valence-electron chi connectivity index (χ4n) is 1.33. The maximum Gasteiger partial charge on any atom is 0.285 e. The van der Waals surface area contributed by atoms with Crippen LogP contribution in [0, 0.1) is 0 Å². The molecular weight excluding hydrogens is 270 g/mol. The Labute approximate surface area is 113 Å². The summed E-state index contributed by atoms with van der Waals surface area (Å²) in [6.45, 7) is 1.32. The van der Waals surface area contributed by atoms with Gasteiger partial charge in [0.15, 0.2) is 4.32 Å². The minimum atomic E-state index is -0.337. The molecule has 1 saturated heterocycles. The predicted molar refractivity (Wildman–Crippen MR) is 73.1 cm³/mol. The number of rotatable bonds is 2. The lowest BCUT2D eigenvalue weighted by Gasteiger charge is -2.13. The van der Waals surface area contributed by atoms with Crippen LogP contribution in [0.1, 0.15) is 12.5 Å². The molecule has 1 aromatic rings. The van der Waals surface area contributed by atoms with Gasteiger partial charge in [-0.15, -0.1) is 0 Å². The zero-order chi connectivity index (χ0) is 13.1. The zero-order valence-electron chi connectivity index (χ0n) is 9.41. The monoisotopic (exact) mass is 279 g/mol. The number of nitrogens with zero attached hydrogens (tertiary/aromatic N) is 2. The van der Waals surface area contributed by atoms with Gasteiger partial charge in [0.25, 0.3) is 5.91 Å². The van der Waals surface area contributed by atoms with Gasteiger partial charge in [-0.2, -0.15) is 5.01 Å². The molecule has 18 heavy (non-hydrogen) atoms. The van der Waals surface area contributed by atoms with Gasteiger partial charge in [0, 0.05) is 19.3 Å². The van der Waals surface area contributed by atoms with Crippen LogP contribution in [-0.4, -0.2) is 26.1 Å². The quantitative estimate of drug-likeness (QED) is 0.654. The summed E-state index contributed by atoms with van der Waals surface area (Å²) in [5.74, 6) is -0.659. The van der Waals surface area contributed by atoms with Crippen molar-refractivity contribution in [3.63, 3.8) is 0 Å². The molecule has 0 unspecified atom stereocenters. The molecule has 2 heterocycles. The second kappa shape index (κ2) is 5.28. The van der Waals surface area contributed by atoms with E-state index in [2.05, 4.69) is 10.4 Å². The van der Waals surface area contributed by atoms with Crippen LogP contribution in [0.2, 0.25) is 0 Å².